The van der Waals surface area contributed by atoms with E-state index in [-0.39, 0.29) is 4.90 Å². The van der Waals surface area contributed by atoms with E-state index < -0.39 is 9.84 Å². The quantitative estimate of drug-likeness (QED) is 0.941. The Kier molecular flexibility index (Phi) is 3.87. The maximum Gasteiger partial charge on any atom is 0.175 e. The molecule has 0 amide bonds. The molecule has 0 aliphatic heterocycles. The van der Waals surface area contributed by atoms with Gasteiger partial charge < -0.3 is 9.73 Å². The van der Waals surface area contributed by atoms with Gasteiger partial charge in [-0.3, -0.25) is 0 Å². The number of hydrogen-bond acceptors (Lipinski definition) is 4. The molecule has 6 heteroatoms. The highest BCUT2D eigenvalue weighted by Crippen LogP contribution is 2.26. The van der Waals surface area contributed by atoms with Gasteiger partial charge in [-0.15, -0.1) is 0 Å². The van der Waals surface area contributed by atoms with Gasteiger partial charge in [0.15, 0.2) is 9.84 Å². The molecule has 0 aliphatic rings. The molecule has 0 atom stereocenters. The number of benzene rings is 1. The minimum atomic E-state index is -3.24. The van der Waals surface area contributed by atoms with Crippen LogP contribution < -0.4 is 5.32 Å². The van der Waals surface area contributed by atoms with Crippen LogP contribution in [0.2, 0.25) is 5.02 Å². The summed E-state index contributed by atoms with van der Waals surface area (Å²) in [4.78, 5) is 0.232. The van der Waals surface area contributed by atoms with E-state index in [4.69, 9.17) is 16.0 Å². The molecule has 4 nitrogen and oxygen atoms in total. The third-order valence-corrected chi connectivity index (χ3v) is 4.21. The van der Waals surface area contributed by atoms with Gasteiger partial charge >= 0.3 is 0 Å². The summed E-state index contributed by atoms with van der Waals surface area (Å²) < 4.78 is 28.3. The second kappa shape index (κ2) is 5.27. The SMILES string of the molecule is Cc1ccoc1CNc1cc(S(C)(=O)=O)ccc1Cl. The van der Waals surface area contributed by atoms with E-state index in [1.165, 1.54) is 12.1 Å². The molecular formula is C13H14ClNO3S. The predicted octanol–water partition coefficient (Wildman–Crippen LogP) is 3.26. The number of nitrogens with one attached hydrogen (secondary N) is 1. The van der Waals surface area contributed by atoms with Gasteiger partial charge in [-0.25, -0.2) is 8.42 Å². The number of rotatable bonds is 4. The fraction of sp³-hybridized carbons (Fsp3) is 0.231. The van der Waals surface area contributed by atoms with Crippen molar-refractivity contribution in [2.45, 2.75) is 18.4 Å². The van der Waals surface area contributed by atoms with Crippen LogP contribution in [0.5, 0.6) is 0 Å². The lowest BCUT2D eigenvalue weighted by molar-refractivity contribution is 0.515. The molecule has 0 spiro atoms. The molecule has 1 aromatic heterocycles. The molecule has 0 unspecified atom stereocenters. The summed E-state index contributed by atoms with van der Waals surface area (Å²) in [6.07, 6.45) is 2.78. The number of furan rings is 1. The fourth-order valence-corrected chi connectivity index (χ4v) is 2.46. The van der Waals surface area contributed by atoms with Crippen LogP contribution in [0.4, 0.5) is 5.69 Å². The first kappa shape index (κ1) is 14.0. The predicted molar refractivity (Wildman–Crippen MR) is 75.3 cm³/mol. The van der Waals surface area contributed by atoms with Gasteiger partial charge in [-0.05, 0) is 36.8 Å². The molecule has 1 aromatic carbocycles. The van der Waals surface area contributed by atoms with Crippen molar-refractivity contribution < 1.29 is 12.8 Å². The first-order valence-corrected chi connectivity index (χ1v) is 7.91. The van der Waals surface area contributed by atoms with Crippen molar-refractivity contribution >= 4 is 27.1 Å². The van der Waals surface area contributed by atoms with E-state index in [1.807, 2.05) is 13.0 Å². The van der Waals surface area contributed by atoms with E-state index in [2.05, 4.69) is 5.32 Å². The summed E-state index contributed by atoms with van der Waals surface area (Å²) in [5, 5.41) is 3.55. The topological polar surface area (TPSA) is 59.3 Å². The van der Waals surface area contributed by atoms with Crippen molar-refractivity contribution in [3.8, 4) is 0 Å². The molecule has 0 saturated heterocycles. The average molecular weight is 300 g/mol. The van der Waals surface area contributed by atoms with Crippen LogP contribution in [0.1, 0.15) is 11.3 Å². The summed E-state index contributed by atoms with van der Waals surface area (Å²) in [7, 11) is -3.24. The first-order valence-electron chi connectivity index (χ1n) is 5.64. The van der Waals surface area contributed by atoms with E-state index in [0.29, 0.717) is 17.3 Å². The lowest BCUT2D eigenvalue weighted by atomic mass is 10.2. The standard InChI is InChI=1S/C13H14ClNO3S/c1-9-5-6-18-13(9)8-15-12-7-10(19(2,16)17)3-4-11(12)14/h3-7,15H,8H2,1-2H3. The van der Waals surface area contributed by atoms with E-state index in [9.17, 15) is 8.42 Å². The molecule has 2 aromatic rings. The van der Waals surface area contributed by atoms with Crippen LogP contribution in [0.25, 0.3) is 0 Å². The van der Waals surface area contributed by atoms with Crippen molar-refractivity contribution in [2.24, 2.45) is 0 Å². The highest BCUT2D eigenvalue weighted by atomic mass is 35.5. The smallest absolute Gasteiger partial charge is 0.175 e. The third kappa shape index (κ3) is 3.30. The lowest BCUT2D eigenvalue weighted by Crippen LogP contribution is -2.03. The zero-order valence-corrected chi connectivity index (χ0v) is 12.2. The van der Waals surface area contributed by atoms with Crippen molar-refractivity contribution in [2.75, 3.05) is 11.6 Å². The van der Waals surface area contributed by atoms with Crippen LogP contribution in [0.15, 0.2) is 39.8 Å². The van der Waals surface area contributed by atoms with Crippen LogP contribution in [-0.4, -0.2) is 14.7 Å². The number of hydrogen-bond donors (Lipinski definition) is 1. The Hall–Kier alpha value is -1.46. The largest absolute Gasteiger partial charge is 0.467 e. The minimum Gasteiger partial charge on any atom is -0.467 e. The number of anilines is 1. The van der Waals surface area contributed by atoms with Crippen molar-refractivity contribution in [3.63, 3.8) is 0 Å². The zero-order chi connectivity index (χ0) is 14.0. The number of aryl methyl sites for hydroxylation is 1. The van der Waals surface area contributed by atoms with Gasteiger partial charge in [0.1, 0.15) is 5.76 Å². The Labute approximate surface area is 117 Å². The van der Waals surface area contributed by atoms with Crippen LogP contribution >= 0.6 is 11.6 Å². The molecular weight excluding hydrogens is 286 g/mol. The van der Waals surface area contributed by atoms with E-state index >= 15 is 0 Å². The maximum absolute atomic E-state index is 11.5. The molecule has 1 N–H and O–H groups in total. The van der Waals surface area contributed by atoms with Crippen molar-refractivity contribution in [1.29, 1.82) is 0 Å². The van der Waals surface area contributed by atoms with Crippen LogP contribution in [0, 0.1) is 6.92 Å². The van der Waals surface area contributed by atoms with Crippen LogP contribution in [0.3, 0.4) is 0 Å². The molecule has 1 heterocycles. The Morgan fingerprint density at radius 1 is 1.32 bits per heavy atom. The average Bonchev–Trinajstić information content (AvgIpc) is 2.72. The number of sulfone groups is 1. The fourth-order valence-electron chi connectivity index (χ4n) is 1.63. The summed E-state index contributed by atoms with van der Waals surface area (Å²) >= 11 is 6.04. The lowest BCUT2D eigenvalue weighted by Gasteiger charge is -2.09. The molecule has 0 fully saturated rings. The highest BCUT2D eigenvalue weighted by molar-refractivity contribution is 7.90. The normalized spacial score (nSPS) is 11.5. The van der Waals surface area contributed by atoms with E-state index in [0.717, 1.165) is 17.6 Å². The maximum atomic E-state index is 11.5. The van der Waals surface area contributed by atoms with Gasteiger partial charge in [-0.2, -0.15) is 0 Å². The summed E-state index contributed by atoms with van der Waals surface area (Å²) in [5.41, 5.74) is 1.60. The molecule has 0 radical (unpaired) electrons. The molecule has 0 bridgehead atoms. The van der Waals surface area contributed by atoms with Gasteiger partial charge in [0.05, 0.1) is 28.4 Å². The zero-order valence-electron chi connectivity index (χ0n) is 10.6. The summed E-state index contributed by atoms with van der Waals surface area (Å²) in [6, 6.07) is 6.44. The van der Waals surface area contributed by atoms with Gasteiger partial charge in [-0.1, -0.05) is 11.6 Å². The number of halogens is 1. The van der Waals surface area contributed by atoms with Crippen molar-refractivity contribution in [1.82, 2.24) is 0 Å². The Morgan fingerprint density at radius 2 is 2.05 bits per heavy atom. The highest BCUT2D eigenvalue weighted by Gasteiger charge is 2.11. The summed E-state index contributed by atoms with van der Waals surface area (Å²) in [5.74, 6) is 0.792. The van der Waals surface area contributed by atoms with Gasteiger partial charge in [0.25, 0.3) is 0 Å². The second-order valence-corrected chi connectivity index (χ2v) is 6.72. The minimum absolute atomic E-state index is 0.232. The van der Waals surface area contributed by atoms with E-state index in [1.54, 1.807) is 12.3 Å². The monoisotopic (exact) mass is 299 g/mol. The molecule has 102 valence electrons. The Morgan fingerprint density at radius 3 is 2.63 bits per heavy atom. The first-order chi connectivity index (χ1) is 8.88. The molecule has 19 heavy (non-hydrogen) atoms. The molecule has 2 rings (SSSR count). The Balaban J connectivity index is 2.23. The van der Waals surface area contributed by atoms with Crippen LogP contribution in [-0.2, 0) is 16.4 Å². The third-order valence-electron chi connectivity index (χ3n) is 2.77. The Bertz CT molecular complexity index is 692. The van der Waals surface area contributed by atoms with Crippen molar-refractivity contribution in [3.05, 3.63) is 46.9 Å². The van der Waals surface area contributed by atoms with Gasteiger partial charge in [0, 0.05) is 6.26 Å². The summed E-state index contributed by atoms with van der Waals surface area (Å²) in [6.45, 7) is 2.39. The second-order valence-electron chi connectivity index (χ2n) is 4.29. The van der Waals surface area contributed by atoms with Gasteiger partial charge in [0.2, 0.25) is 0 Å². The molecule has 0 saturated carbocycles. The molecule has 0 aliphatic carbocycles.